The number of hydrogen-bond donors (Lipinski definition) is 3. The van der Waals surface area contributed by atoms with E-state index in [-0.39, 0.29) is 23.4 Å². The van der Waals surface area contributed by atoms with Crippen molar-refractivity contribution in [1.82, 2.24) is 20.5 Å². The van der Waals surface area contributed by atoms with Crippen LogP contribution in [0.3, 0.4) is 0 Å². The lowest BCUT2D eigenvalue weighted by atomic mass is 9.93. The van der Waals surface area contributed by atoms with Gasteiger partial charge in [-0.15, -0.1) is 11.3 Å². The summed E-state index contributed by atoms with van der Waals surface area (Å²) < 4.78 is 0. The van der Waals surface area contributed by atoms with Crippen LogP contribution >= 0.6 is 11.3 Å². The maximum Gasteiger partial charge on any atom is 0.315 e. The van der Waals surface area contributed by atoms with Gasteiger partial charge in [0, 0.05) is 23.0 Å². The summed E-state index contributed by atoms with van der Waals surface area (Å²) in [4.78, 5) is 30.6. The first-order valence-electron chi connectivity index (χ1n) is 9.58. The van der Waals surface area contributed by atoms with E-state index in [2.05, 4.69) is 41.7 Å². The Bertz CT molecular complexity index is 842. The average Bonchev–Trinajstić information content (AvgIpc) is 3.10. The molecule has 0 saturated carbocycles. The first-order valence-corrected chi connectivity index (χ1v) is 10.5. The lowest BCUT2D eigenvalue weighted by Gasteiger charge is -2.15. The number of hydrogen-bond acceptors (Lipinski definition) is 5. The van der Waals surface area contributed by atoms with Gasteiger partial charge in [-0.25, -0.2) is 9.78 Å². The van der Waals surface area contributed by atoms with E-state index < -0.39 is 0 Å². The highest BCUT2D eigenvalue weighted by Crippen LogP contribution is 2.26. The van der Waals surface area contributed by atoms with Crippen molar-refractivity contribution in [3.05, 3.63) is 45.9 Å². The Morgan fingerprint density at radius 2 is 1.97 bits per heavy atom. The molecule has 1 heterocycles. The van der Waals surface area contributed by atoms with E-state index in [0.29, 0.717) is 18.8 Å². The van der Waals surface area contributed by atoms with Crippen molar-refractivity contribution < 1.29 is 9.59 Å². The smallest absolute Gasteiger partial charge is 0.315 e. The van der Waals surface area contributed by atoms with Gasteiger partial charge >= 0.3 is 6.03 Å². The summed E-state index contributed by atoms with van der Waals surface area (Å²) in [5, 5.41) is 11.6. The second-order valence-electron chi connectivity index (χ2n) is 8.36. The molecule has 0 fully saturated rings. The summed E-state index contributed by atoms with van der Waals surface area (Å²) in [6, 6.07) is 7.01. The van der Waals surface area contributed by atoms with E-state index in [9.17, 15) is 9.59 Å². The minimum atomic E-state index is -0.257. The van der Waals surface area contributed by atoms with Gasteiger partial charge in [0.1, 0.15) is 5.01 Å². The number of thiazole rings is 1. The molecule has 3 amide bonds. The van der Waals surface area contributed by atoms with Gasteiger partial charge in [-0.3, -0.25) is 4.79 Å². The number of benzene rings is 1. The number of carbonyl (C=O) groups is 2. The number of urea groups is 1. The number of carbonyl (C=O) groups excluding carboxylic acids is 2. The van der Waals surface area contributed by atoms with Crippen molar-refractivity contribution in [3.8, 4) is 0 Å². The molecule has 29 heavy (non-hydrogen) atoms. The summed E-state index contributed by atoms with van der Waals surface area (Å²) in [6.45, 7) is 8.96. The molecule has 0 spiro atoms. The molecule has 7 nitrogen and oxygen atoms in total. The van der Waals surface area contributed by atoms with Gasteiger partial charge in [-0.2, -0.15) is 0 Å². The van der Waals surface area contributed by atoms with Crippen molar-refractivity contribution >= 4 is 29.0 Å². The molecule has 1 atom stereocenters. The largest absolute Gasteiger partial charge is 0.334 e. The summed E-state index contributed by atoms with van der Waals surface area (Å²) in [5.41, 5.74) is 2.63. The van der Waals surface area contributed by atoms with Crippen molar-refractivity contribution in [2.45, 2.75) is 45.7 Å². The zero-order valence-electron chi connectivity index (χ0n) is 18.0. The quantitative estimate of drug-likeness (QED) is 0.644. The Morgan fingerprint density at radius 3 is 2.59 bits per heavy atom. The molecular weight excluding hydrogens is 386 g/mol. The lowest BCUT2D eigenvalue weighted by molar-refractivity contribution is -0.116. The molecule has 158 valence electrons. The fourth-order valence-electron chi connectivity index (χ4n) is 2.57. The molecule has 0 radical (unpaired) electrons. The standard InChI is InChI=1S/C21H31N5O2S/c1-14(19-25-17(13-29-19)21(2,3)4)23-20(28)22-11-15-8-7-9-16(10-15)24-18(27)12-26(5)6/h7-10,13-14H,11-12H2,1-6H3,(H,24,27)(H2,22,23,28). The van der Waals surface area contributed by atoms with Gasteiger partial charge in [-0.1, -0.05) is 32.9 Å². The first-order chi connectivity index (χ1) is 13.5. The molecule has 1 unspecified atom stereocenters. The molecule has 0 aliphatic carbocycles. The van der Waals surface area contributed by atoms with E-state index in [1.807, 2.05) is 50.7 Å². The predicted molar refractivity (Wildman–Crippen MR) is 118 cm³/mol. The van der Waals surface area contributed by atoms with Gasteiger partial charge in [0.05, 0.1) is 18.3 Å². The minimum Gasteiger partial charge on any atom is -0.334 e. The van der Waals surface area contributed by atoms with Crippen molar-refractivity contribution in [2.75, 3.05) is 26.0 Å². The van der Waals surface area contributed by atoms with Crippen LogP contribution in [0.4, 0.5) is 10.5 Å². The Labute approximate surface area is 176 Å². The van der Waals surface area contributed by atoms with Crippen LogP contribution in [0, 0.1) is 0 Å². The molecule has 1 aromatic heterocycles. The van der Waals surface area contributed by atoms with Gasteiger partial charge in [0.2, 0.25) is 5.91 Å². The van der Waals surface area contributed by atoms with Crippen LogP contribution in [-0.2, 0) is 16.8 Å². The minimum absolute atomic E-state index is 0.0102. The molecule has 0 aliphatic rings. The maximum absolute atomic E-state index is 12.3. The van der Waals surface area contributed by atoms with E-state index in [4.69, 9.17) is 0 Å². The summed E-state index contributed by atoms with van der Waals surface area (Å²) >= 11 is 1.56. The number of nitrogens with one attached hydrogen (secondary N) is 3. The summed E-state index contributed by atoms with van der Waals surface area (Å²) in [6.07, 6.45) is 0. The summed E-state index contributed by atoms with van der Waals surface area (Å²) in [5.74, 6) is -0.0789. The van der Waals surface area contributed by atoms with Gasteiger partial charge in [0.25, 0.3) is 0 Å². The second kappa shape index (κ2) is 9.84. The number of rotatable bonds is 7. The average molecular weight is 418 g/mol. The molecule has 0 bridgehead atoms. The molecule has 1 aromatic carbocycles. The number of amides is 3. The van der Waals surface area contributed by atoms with E-state index in [0.717, 1.165) is 16.3 Å². The third kappa shape index (κ3) is 7.47. The van der Waals surface area contributed by atoms with Crippen molar-refractivity contribution in [1.29, 1.82) is 0 Å². The zero-order chi connectivity index (χ0) is 21.6. The first kappa shape index (κ1) is 22.8. The third-order valence-corrected chi connectivity index (χ3v) is 5.16. The third-order valence-electron chi connectivity index (χ3n) is 4.13. The topological polar surface area (TPSA) is 86.4 Å². The van der Waals surface area contributed by atoms with Gasteiger partial charge in [0.15, 0.2) is 0 Å². The highest BCUT2D eigenvalue weighted by Gasteiger charge is 2.20. The maximum atomic E-state index is 12.3. The van der Waals surface area contributed by atoms with Crippen LogP contribution in [0.25, 0.3) is 0 Å². The van der Waals surface area contributed by atoms with Crippen LogP contribution in [-0.4, -0.2) is 42.5 Å². The highest BCUT2D eigenvalue weighted by molar-refractivity contribution is 7.09. The normalized spacial score (nSPS) is 12.5. The fraction of sp³-hybridized carbons (Fsp3) is 0.476. The number of anilines is 1. The van der Waals surface area contributed by atoms with Crippen LogP contribution in [0.15, 0.2) is 29.6 Å². The molecule has 0 aliphatic heterocycles. The molecule has 3 N–H and O–H groups in total. The zero-order valence-corrected chi connectivity index (χ0v) is 18.8. The Kier molecular flexibility index (Phi) is 7.75. The Balaban J connectivity index is 1.86. The van der Waals surface area contributed by atoms with Crippen molar-refractivity contribution in [3.63, 3.8) is 0 Å². The molecule has 2 rings (SSSR count). The van der Waals surface area contributed by atoms with Crippen LogP contribution in [0.1, 0.15) is 50.0 Å². The van der Waals surface area contributed by atoms with Crippen LogP contribution < -0.4 is 16.0 Å². The lowest BCUT2D eigenvalue weighted by Crippen LogP contribution is -2.36. The van der Waals surface area contributed by atoms with Gasteiger partial charge < -0.3 is 20.9 Å². The van der Waals surface area contributed by atoms with Crippen molar-refractivity contribution in [2.24, 2.45) is 0 Å². The fourth-order valence-corrected chi connectivity index (χ4v) is 3.62. The van der Waals surface area contributed by atoms with Crippen LogP contribution in [0.5, 0.6) is 0 Å². The highest BCUT2D eigenvalue weighted by atomic mass is 32.1. The second-order valence-corrected chi connectivity index (χ2v) is 9.25. The van der Waals surface area contributed by atoms with E-state index in [1.54, 1.807) is 16.2 Å². The summed E-state index contributed by atoms with van der Waals surface area (Å²) in [7, 11) is 3.68. The number of likely N-dealkylation sites (N-methyl/N-ethyl adjacent to an activating group) is 1. The Hall–Kier alpha value is -2.45. The number of aromatic nitrogens is 1. The monoisotopic (exact) mass is 417 g/mol. The number of nitrogens with zero attached hydrogens (tertiary/aromatic N) is 2. The van der Waals surface area contributed by atoms with Gasteiger partial charge in [-0.05, 0) is 38.7 Å². The molecule has 0 saturated heterocycles. The SMILES string of the molecule is CC(NC(=O)NCc1cccc(NC(=O)CN(C)C)c1)c1nc(C(C)(C)C)cs1. The molecule has 8 heteroatoms. The molecular formula is C21H31N5O2S. The van der Waals surface area contributed by atoms with Crippen LogP contribution in [0.2, 0.25) is 0 Å². The Morgan fingerprint density at radius 1 is 1.24 bits per heavy atom. The molecule has 2 aromatic rings. The van der Waals surface area contributed by atoms with E-state index in [1.165, 1.54) is 0 Å². The predicted octanol–water partition coefficient (Wildman–Crippen LogP) is 3.50. The van der Waals surface area contributed by atoms with E-state index >= 15 is 0 Å².